The fourth-order valence-electron chi connectivity index (χ4n) is 2.78. The molecule has 0 heterocycles. The predicted octanol–water partition coefficient (Wildman–Crippen LogP) is 5.69. The van der Waals surface area contributed by atoms with E-state index in [1.165, 1.54) is 31.3 Å². The molecule has 1 aliphatic carbocycles. The summed E-state index contributed by atoms with van der Waals surface area (Å²) in [5.41, 5.74) is 1.90. The van der Waals surface area contributed by atoms with Crippen molar-refractivity contribution in [3.63, 3.8) is 0 Å². The third-order valence-electron chi connectivity index (χ3n) is 4.91. The highest BCUT2D eigenvalue weighted by molar-refractivity contribution is 5.00. The molecule has 0 radical (unpaired) electrons. The van der Waals surface area contributed by atoms with E-state index in [4.69, 9.17) is 0 Å². The van der Waals surface area contributed by atoms with E-state index in [1.807, 2.05) is 0 Å². The van der Waals surface area contributed by atoms with Gasteiger partial charge in [-0.05, 0) is 49.4 Å². The molecule has 0 bridgehead atoms. The van der Waals surface area contributed by atoms with Crippen molar-refractivity contribution in [2.24, 2.45) is 23.2 Å². The smallest absolute Gasteiger partial charge is 0.0206 e. The zero-order chi connectivity index (χ0) is 11.6. The van der Waals surface area contributed by atoms with Crippen LogP contribution in [-0.2, 0) is 0 Å². The summed E-state index contributed by atoms with van der Waals surface area (Å²) in [6.45, 7) is 16.0. The first kappa shape index (κ1) is 15.7. The lowest BCUT2D eigenvalue weighted by molar-refractivity contribution is 0.0864. The number of hydrogen-bond donors (Lipinski definition) is 0. The maximum absolute atomic E-state index is 4.14. The molecule has 0 aromatic rings. The lowest BCUT2D eigenvalue weighted by Gasteiger charge is -2.43. The molecule has 2 atom stereocenters. The second-order valence-corrected chi connectivity index (χ2v) is 6.38. The summed E-state index contributed by atoms with van der Waals surface area (Å²) in [5, 5.41) is 0. The molecule has 0 heteroatoms. The number of rotatable bonds is 3. The molecule has 0 aromatic heterocycles. The van der Waals surface area contributed by atoms with Gasteiger partial charge in [0.2, 0.25) is 0 Å². The van der Waals surface area contributed by atoms with Gasteiger partial charge in [0, 0.05) is 0 Å². The molecule has 0 N–H and O–H groups in total. The summed E-state index contributed by atoms with van der Waals surface area (Å²) < 4.78 is 0. The Bertz CT molecular complexity index is 222. The molecule has 0 spiro atoms. The second kappa shape index (κ2) is 5.89. The van der Waals surface area contributed by atoms with Gasteiger partial charge in [-0.3, -0.25) is 0 Å². The summed E-state index contributed by atoms with van der Waals surface area (Å²) in [6, 6.07) is 0. The maximum atomic E-state index is 4.14. The largest absolute Gasteiger partial charge is 0.0999 e. The van der Waals surface area contributed by atoms with Crippen LogP contribution in [0, 0.1) is 23.2 Å². The van der Waals surface area contributed by atoms with E-state index in [0.717, 1.165) is 17.8 Å². The Balaban J connectivity index is 0.00000225. The summed E-state index contributed by atoms with van der Waals surface area (Å²) in [4.78, 5) is 0. The third kappa shape index (κ3) is 3.37. The lowest BCUT2D eigenvalue weighted by atomic mass is 9.63. The molecule has 1 saturated carbocycles. The van der Waals surface area contributed by atoms with E-state index < -0.39 is 0 Å². The van der Waals surface area contributed by atoms with Crippen LogP contribution in [-0.4, -0.2) is 0 Å². The van der Waals surface area contributed by atoms with Gasteiger partial charge in [0.25, 0.3) is 0 Å². The molecule has 0 aromatic carbocycles. The zero-order valence-electron chi connectivity index (χ0n) is 11.3. The van der Waals surface area contributed by atoms with Crippen LogP contribution in [0.2, 0.25) is 0 Å². The van der Waals surface area contributed by atoms with Crippen molar-refractivity contribution < 1.29 is 0 Å². The minimum Gasteiger partial charge on any atom is -0.0999 e. The van der Waals surface area contributed by atoms with Gasteiger partial charge in [-0.25, -0.2) is 0 Å². The maximum Gasteiger partial charge on any atom is -0.0206 e. The van der Waals surface area contributed by atoms with Crippen LogP contribution < -0.4 is 0 Å². The highest BCUT2D eigenvalue weighted by atomic mass is 14.4. The Hall–Kier alpha value is -0.260. The molecule has 96 valence electrons. The minimum absolute atomic E-state index is 0. The van der Waals surface area contributed by atoms with Gasteiger partial charge in [-0.1, -0.05) is 53.7 Å². The molecular formula is C16H32. The standard InChI is InChI=1S/C15H28.CH4/c1-11(2)13-8-7-9-14(10-13)15(5,6)12(3)4;/h12-14H,1,7-10H2,2-6H3;1H4. The van der Waals surface area contributed by atoms with E-state index in [-0.39, 0.29) is 7.43 Å². The van der Waals surface area contributed by atoms with Crippen molar-refractivity contribution in [2.75, 3.05) is 0 Å². The summed E-state index contributed by atoms with van der Waals surface area (Å²) in [7, 11) is 0. The first-order chi connectivity index (χ1) is 6.85. The SMILES string of the molecule is C.C=C(C)C1CCCC(C(C)(C)C(C)C)C1. The van der Waals surface area contributed by atoms with Gasteiger partial charge < -0.3 is 0 Å². The van der Waals surface area contributed by atoms with Gasteiger partial charge in [-0.2, -0.15) is 0 Å². The van der Waals surface area contributed by atoms with Gasteiger partial charge in [0.05, 0.1) is 0 Å². The average Bonchev–Trinajstić information content (AvgIpc) is 2.17. The predicted molar refractivity (Wildman–Crippen MR) is 75.6 cm³/mol. The van der Waals surface area contributed by atoms with Gasteiger partial charge in [0.15, 0.2) is 0 Å². The van der Waals surface area contributed by atoms with Crippen molar-refractivity contribution in [3.8, 4) is 0 Å². The van der Waals surface area contributed by atoms with Crippen molar-refractivity contribution >= 4 is 0 Å². The molecule has 1 rings (SSSR count). The number of hydrogen-bond acceptors (Lipinski definition) is 0. The molecule has 2 unspecified atom stereocenters. The summed E-state index contributed by atoms with van der Waals surface area (Å²) in [5.74, 6) is 2.47. The van der Waals surface area contributed by atoms with Crippen molar-refractivity contribution in [2.45, 2.75) is 67.7 Å². The van der Waals surface area contributed by atoms with E-state index in [0.29, 0.717) is 5.41 Å². The molecule has 0 amide bonds. The Labute approximate surface area is 104 Å². The van der Waals surface area contributed by atoms with Crippen molar-refractivity contribution in [1.29, 1.82) is 0 Å². The van der Waals surface area contributed by atoms with Gasteiger partial charge in [0.1, 0.15) is 0 Å². The van der Waals surface area contributed by atoms with Crippen molar-refractivity contribution in [3.05, 3.63) is 12.2 Å². The molecule has 1 fully saturated rings. The van der Waals surface area contributed by atoms with Crippen LogP contribution >= 0.6 is 0 Å². The summed E-state index contributed by atoms with van der Waals surface area (Å²) in [6.07, 6.45) is 5.58. The van der Waals surface area contributed by atoms with Crippen LogP contribution in [0.5, 0.6) is 0 Å². The highest BCUT2D eigenvalue weighted by Crippen LogP contribution is 2.45. The first-order valence-electron chi connectivity index (χ1n) is 6.51. The first-order valence-corrected chi connectivity index (χ1v) is 6.51. The molecule has 0 saturated heterocycles. The summed E-state index contributed by atoms with van der Waals surface area (Å²) >= 11 is 0. The normalized spacial score (nSPS) is 26.4. The fraction of sp³-hybridized carbons (Fsp3) is 0.875. The third-order valence-corrected chi connectivity index (χ3v) is 4.91. The average molecular weight is 224 g/mol. The molecule has 16 heavy (non-hydrogen) atoms. The molecule has 1 aliphatic rings. The van der Waals surface area contributed by atoms with Crippen LogP contribution in [0.4, 0.5) is 0 Å². The topological polar surface area (TPSA) is 0 Å². The van der Waals surface area contributed by atoms with Crippen LogP contribution in [0.25, 0.3) is 0 Å². The van der Waals surface area contributed by atoms with Crippen LogP contribution in [0.3, 0.4) is 0 Å². The molecular weight excluding hydrogens is 192 g/mol. The second-order valence-electron chi connectivity index (χ2n) is 6.38. The Morgan fingerprint density at radius 2 is 1.81 bits per heavy atom. The minimum atomic E-state index is 0. The van der Waals surface area contributed by atoms with Crippen LogP contribution in [0.15, 0.2) is 12.2 Å². The van der Waals surface area contributed by atoms with E-state index >= 15 is 0 Å². The van der Waals surface area contributed by atoms with Gasteiger partial charge in [-0.15, -0.1) is 0 Å². The highest BCUT2D eigenvalue weighted by Gasteiger charge is 2.35. The monoisotopic (exact) mass is 224 g/mol. The lowest BCUT2D eigenvalue weighted by Crippen LogP contribution is -2.33. The van der Waals surface area contributed by atoms with E-state index in [1.54, 1.807) is 0 Å². The zero-order valence-corrected chi connectivity index (χ0v) is 11.3. The van der Waals surface area contributed by atoms with Crippen molar-refractivity contribution in [1.82, 2.24) is 0 Å². The fourth-order valence-corrected chi connectivity index (χ4v) is 2.78. The quantitative estimate of drug-likeness (QED) is 0.540. The molecule has 0 aliphatic heterocycles. The van der Waals surface area contributed by atoms with Crippen LogP contribution in [0.1, 0.15) is 67.7 Å². The Morgan fingerprint density at radius 1 is 1.25 bits per heavy atom. The van der Waals surface area contributed by atoms with Gasteiger partial charge >= 0.3 is 0 Å². The molecule has 0 nitrogen and oxygen atoms in total. The Morgan fingerprint density at radius 3 is 2.25 bits per heavy atom. The van der Waals surface area contributed by atoms with E-state index in [2.05, 4.69) is 41.2 Å². The Kier molecular flexibility index (Phi) is 5.79. The van der Waals surface area contributed by atoms with E-state index in [9.17, 15) is 0 Å². The number of allylic oxidation sites excluding steroid dienone is 1.